The van der Waals surface area contributed by atoms with Gasteiger partial charge < -0.3 is 16.8 Å². The molecule has 0 atom stereocenters. The number of nitrogens with one attached hydrogen (secondary N) is 1. The van der Waals surface area contributed by atoms with Crippen LogP contribution in [0.15, 0.2) is 53.0 Å². The maximum Gasteiger partial charge on any atom is 0.272 e. The Morgan fingerprint density at radius 3 is 2.80 bits per heavy atom. The molecule has 7 nitrogen and oxygen atoms in total. The third kappa shape index (κ3) is 5.45. The number of carbonyl (C=O) groups is 2. The van der Waals surface area contributed by atoms with Gasteiger partial charge in [0.15, 0.2) is 0 Å². The van der Waals surface area contributed by atoms with Gasteiger partial charge in [-0.1, -0.05) is 12.1 Å². The van der Waals surface area contributed by atoms with E-state index in [0.29, 0.717) is 12.1 Å². The Labute approximate surface area is 144 Å². The van der Waals surface area contributed by atoms with Crippen molar-refractivity contribution >= 4 is 17.5 Å². The van der Waals surface area contributed by atoms with Crippen molar-refractivity contribution < 1.29 is 14.0 Å². The highest BCUT2D eigenvalue weighted by molar-refractivity contribution is 6.39. The van der Waals surface area contributed by atoms with E-state index in [9.17, 15) is 14.0 Å². The number of carbonyl (C=O) groups excluding carboxylic acids is 2. The van der Waals surface area contributed by atoms with Gasteiger partial charge in [-0.3, -0.25) is 9.59 Å². The van der Waals surface area contributed by atoms with Crippen LogP contribution in [-0.4, -0.2) is 29.6 Å². The smallest absolute Gasteiger partial charge is 0.272 e. The van der Waals surface area contributed by atoms with Gasteiger partial charge in [-0.25, -0.2) is 9.40 Å². The molecule has 1 heterocycles. The molecule has 5 N–H and O–H groups in total. The lowest BCUT2D eigenvalue weighted by Crippen LogP contribution is -2.38. The second-order valence-corrected chi connectivity index (χ2v) is 5.59. The Morgan fingerprint density at radius 2 is 2.12 bits per heavy atom. The molecule has 0 bridgehead atoms. The first kappa shape index (κ1) is 18.2. The van der Waals surface area contributed by atoms with Crippen LogP contribution >= 0.6 is 0 Å². The van der Waals surface area contributed by atoms with Crippen molar-refractivity contribution in [1.82, 2.24) is 10.3 Å². The predicted molar refractivity (Wildman–Crippen MR) is 92.2 cm³/mol. The highest BCUT2D eigenvalue weighted by atomic mass is 19.1. The zero-order chi connectivity index (χ0) is 18.4. The second kappa shape index (κ2) is 8.09. The van der Waals surface area contributed by atoms with Gasteiger partial charge in [0.2, 0.25) is 5.91 Å². The molecule has 1 aliphatic heterocycles. The fourth-order valence-corrected chi connectivity index (χ4v) is 2.22. The van der Waals surface area contributed by atoms with E-state index >= 15 is 0 Å². The zero-order valence-corrected chi connectivity index (χ0v) is 13.8. The van der Waals surface area contributed by atoms with Crippen molar-refractivity contribution in [1.29, 1.82) is 0 Å². The van der Waals surface area contributed by atoms with Crippen LogP contribution in [0, 0.1) is 5.82 Å². The average Bonchev–Trinajstić information content (AvgIpc) is 2.55. The molecule has 0 unspecified atom stereocenters. The van der Waals surface area contributed by atoms with E-state index in [2.05, 4.69) is 10.4 Å². The lowest BCUT2D eigenvalue weighted by atomic mass is 10.1. The lowest BCUT2D eigenvalue weighted by Gasteiger charge is -2.18. The summed E-state index contributed by atoms with van der Waals surface area (Å²) in [6.45, 7) is 0. The molecule has 0 aliphatic carbocycles. The summed E-state index contributed by atoms with van der Waals surface area (Å²) in [5.74, 6) is -0.850. The summed E-state index contributed by atoms with van der Waals surface area (Å²) in [5, 5.41) is 7.52. The van der Waals surface area contributed by atoms with Crippen molar-refractivity contribution in [2.75, 3.05) is 7.05 Å². The second-order valence-electron chi connectivity index (χ2n) is 5.59. The van der Waals surface area contributed by atoms with Gasteiger partial charge in [0.1, 0.15) is 17.3 Å². The first-order chi connectivity index (χ1) is 11.8. The van der Waals surface area contributed by atoms with Gasteiger partial charge in [-0.2, -0.15) is 5.10 Å². The number of benzene rings is 1. The number of hydrogen-bond acceptors (Lipinski definition) is 5. The predicted octanol–water partition coefficient (Wildman–Crippen LogP) is 0.735. The zero-order valence-electron chi connectivity index (χ0n) is 13.8. The molecule has 1 aromatic carbocycles. The van der Waals surface area contributed by atoms with Gasteiger partial charge in [0, 0.05) is 32.0 Å². The summed E-state index contributed by atoms with van der Waals surface area (Å²) in [6, 6.07) is 6.12. The summed E-state index contributed by atoms with van der Waals surface area (Å²) >= 11 is 0. The minimum atomic E-state index is -0.467. The third-order valence-electron chi connectivity index (χ3n) is 3.50. The van der Waals surface area contributed by atoms with Crippen LogP contribution in [-0.2, 0) is 16.0 Å². The monoisotopic (exact) mass is 345 g/mol. The summed E-state index contributed by atoms with van der Waals surface area (Å²) in [5.41, 5.74) is 13.0. The molecular formula is C17H20FN5O2. The van der Waals surface area contributed by atoms with Crippen molar-refractivity contribution in [3.8, 4) is 0 Å². The number of amides is 2. The van der Waals surface area contributed by atoms with Crippen LogP contribution in [0.3, 0.4) is 0 Å². The Hall–Kier alpha value is -3.16. The molecule has 2 rings (SSSR count). The number of allylic oxidation sites excluding steroid dienone is 3. The van der Waals surface area contributed by atoms with E-state index in [-0.39, 0.29) is 36.1 Å². The van der Waals surface area contributed by atoms with Crippen LogP contribution in [0.1, 0.15) is 18.4 Å². The van der Waals surface area contributed by atoms with Crippen molar-refractivity contribution in [2.24, 2.45) is 16.6 Å². The van der Waals surface area contributed by atoms with Crippen LogP contribution in [0.4, 0.5) is 4.39 Å². The fraction of sp³-hybridized carbons (Fsp3) is 0.235. The number of nitrogens with zero attached hydrogens (tertiary/aromatic N) is 2. The van der Waals surface area contributed by atoms with E-state index < -0.39 is 5.91 Å². The van der Waals surface area contributed by atoms with Crippen LogP contribution < -0.4 is 16.8 Å². The normalized spacial score (nSPS) is 15.8. The molecule has 8 heteroatoms. The molecule has 0 radical (unpaired) electrons. The number of hydrogen-bond donors (Lipinski definition) is 3. The molecule has 132 valence electrons. The number of hydrazone groups is 1. The summed E-state index contributed by atoms with van der Waals surface area (Å²) in [4.78, 5) is 23.4. The van der Waals surface area contributed by atoms with Crippen molar-refractivity contribution in [3.63, 3.8) is 0 Å². The number of nitrogens with two attached hydrogens (primary N) is 2. The molecule has 0 spiro atoms. The van der Waals surface area contributed by atoms with Crippen LogP contribution in [0.5, 0.6) is 0 Å². The summed E-state index contributed by atoms with van der Waals surface area (Å²) in [7, 11) is 1.49. The highest BCUT2D eigenvalue weighted by Gasteiger charge is 2.21. The van der Waals surface area contributed by atoms with Gasteiger partial charge in [0.25, 0.3) is 5.91 Å². The Bertz CT molecular complexity index is 770. The maximum atomic E-state index is 13.1. The lowest BCUT2D eigenvalue weighted by molar-refractivity contribution is -0.130. The van der Waals surface area contributed by atoms with E-state index in [0.717, 1.165) is 10.6 Å². The molecule has 1 aliphatic rings. The Kier molecular flexibility index (Phi) is 5.89. The van der Waals surface area contributed by atoms with E-state index in [1.807, 2.05) is 0 Å². The van der Waals surface area contributed by atoms with Gasteiger partial charge in [0.05, 0.1) is 0 Å². The number of rotatable bonds is 5. The SMILES string of the molecule is CN1N=C(C(=O)N/C(N)=C/C=C(\N)Cc2cccc(F)c2)CCC1=O. The maximum absolute atomic E-state index is 13.1. The summed E-state index contributed by atoms with van der Waals surface area (Å²) in [6.07, 6.45) is 3.84. The topological polar surface area (TPSA) is 114 Å². The van der Waals surface area contributed by atoms with Crippen LogP contribution in [0.2, 0.25) is 0 Å². The minimum absolute atomic E-state index is 0.0921. The van der Waals surface area contributed by atoms with E-state index in [1.54, 1.807) is 18.2 Å². The quantitative estimate of drug-likeness (QED) is 0.683. The molecule has 1 aromatic rings. The van der Waals surface area contributed by atoms with Gasteiger partial charge in [-0.05, 0) is 29.8 Å². The van der Waals surface area contributed by atoms with E-state index in [4.69, 9.17) is 11.5 Å². The van der Waals surface area contributed by atoms with E-state index in [1.165, 1.54) is 25.3 Å². The largest absolute Gasteiger partial charge is 0.402 e. The number of halogens is 1. The molecule has 25 heavy (non-hydrogen) atoms. The Morgan fingerprint density at radius 1 is 1.36 bits per heavy atom. The van der Waals surface area contributed by atoms with Gasteiger partial charge in [-0.15, -0.1) is 0 Å². The average molecular weight is 345 g/mol. The molecule has 0 saturated heterocycles. The van der Waals surface area contributed by atoms with Crippen LogP contribution in [0.25, 0.3) is 0 Å². The molecule has 0 aromatic heterocycles. The fourth-order valence-electron chi connectivity index (χ4n) is 2.22. The Balaban J connectivity index is 1.95. The summed E-state index contributed by atoms with van der Waals surface area (Å²) < 4.78 is 13.1. The minimum Gasteiger partial charge on any atom is -0.402 e. The molecular weight excluding hydrogens is 325 g/mol. The molecule has 0 saturated carbocycles. The molecule has 0 fully saturated rings. The van der Waals surface area contributed by atoms with Gasteiger partial charge >= 0.3 is 0 Å². The van der Waals surface area contributed by atoms with Crippen molar-refractivity contribution in [2.45, 2.75) is 19.3 Å². The third-order valence-corrected chi connectivity index (χ3v) is 3.50. The first-order valence-electron chi connectivity index (χ1n) is 7.67. The van der Waals surface area contributed by atoms with Crippen molar-refractivity contribution in [3.05, 3.63) is 59.3 Å². The first-order valence-corrected chi connectivity index (χ1v) is 7.67. The highest BCUT2D eigenvalue weighted by Crippen LogP contribution is 2.08. The standard InChI is InChI=1S/C17H20FN5O2/c1-23-16(24)8-6-14(22-23)17(25)21-15(20)7-5-13(19)10-11-3-2-4-12(18)9-11/h2-5,7,9H,6,8,10,19-20H2,1H3,(H,21,25)/b13-5-,15-7+. The molecule has 2 amide bonds.